The highest BCUT2D eigenvalue weighted by Crippen LogP contribution is 2.36. The Balaban J connectivity index is 1.59. The largest absolute Gasteiger partial charge is 0.371 e. The van der Waals surface area contributed by atoms with Gasteiger partial charge < -0.3 is 9.47 Å². The fourth-order valence-corrected chi connectivity index (χ4v) is 3.91. The maximum absolute atomic E-state index is 11.3. The standard InChI is InChI=1S/C19H22N6O2/c1-13(2)24-12-21-22-19(24)14-6-9-23(10-7-14)17-3-4-18(25(26)27)16-11-20-8-5-15(16)17/h3-5,8,11-14H,6-7,9-10H2,1-2H3. The second kappa shape index (κ2) is 6.94. The Labute approximate surface area is 157 Å². The fraction of sp³-hybridized carbons (Fsp3) is 0.421. The first-order chi connectivity index (χ1) is 13.1. The zero-order valence-corrected chi connectivity index (χ0v) is 15.4. The van der Waals surface area contributed by atoms with E-state index in [1.165, 1.54) is 0 Å². The van der Waals surface area contributed by atoms with Crippen LogP contribution in [0.15, 0.2) is 36.9 Å². The minimum atomic E-state index is -0.348. The summed E-state index contributed by atoms with van der Waals surface area (Å²) in [6.07, 6.45) is 7.04. The predicted octanol–water partition coefficient (Wildman–Crippen LogP) is 3.70. The SMILES string of the molecule is CC(C)n1cnnc1C1CCN(c2ccc([N+](=O)[O-])c3cnccc23)CC1. The molecular weight excluding hydrogens is 344 g/mol. The molecule has 1 aliphatic heterocycles. The number of pyridine rings is 1. The van der Waals surface area contributed by atoms with Crippen molar-refractivity contribution in [3.05, 3.63) is 52.9 Å². The lowest BCUT2D eigenvalue weighted by molar-refractivity contribution is -0.383. The molecule has 0 aliphatic carbocycles. The Bertz CT molecular complexity index is 975. The number of benzene rings is 1. The topological polar surface area (TPSA) is 90.0 Å². The molecule has 0 bridgehead atoms. The fourth-order valence-electron chi connectivity index (χ4n) is 3.91. The van der Waals surface area contributed by atoms with E-state index >= 15 is 0 Å². The van der Waals surface area contributed by atoms with Crippen molar-refractivity contribution in [1.29, 1.82) is 0 Å². The molecule has 0 spiro atoms. The number of fused-ring (bicyclic) bond motifs is 1. The predicted molar refractivity (Wildman–Crippen MR) is 103 cm³/mol. The van der Waals surface area contributed by atoms with E-state index < -0.39 is 0 Å². The summed E-state index contributed by atoms with van der Waals surface area (Å²) in [6, 6.07) is 5.65. The lowest BCUT2D eigenvalue weighted by atomic mass is 9.94. The first-order valence-electron chi connectivity index (χ1n) is 9.21. The van der Waals surface area contributed by atoms with Crippen LogP contribution in [0.3, 0.4) is 0 Å². The maximum atomic E-state index is 11.3. The van der Waals surface area contributed by atoms with E-state index in [2.05, 4.69) is 38.5 Å². The van der Waals surface area contributed by atoms with Crippen molar-refractivity contribution < 1.29 is 4.92 Å². The molecule has 140 valence electrons. The summed E-state index contributed by atoms with van der Waals surface area (Å²) < 4.78 is 2.15. The third-order valence-corrected chi connectivity index (χ3v) is 5.33. The Hall–Kier alpha value is -3.03. The van der Waals surface area contributed by atoms with Crippen LogP contribution in [0.1, 0.15) is 44.5 Å². The summed E-state index contributed by atoms with van der Waals surface area (Å²) in [6.45, 7) is 6.04. The molecule has 0 amide bonds. The van der Waals surface area contributed by atoms with Crippen LogP contribution < -0.4 is 4.90 Å². The molecule has 4 rings (SSSR count). The average molecular weight is 366 g/mol. The van der Waals surface area contributed by atoms with Gasteiger partial charge in [0, 0.05) is 54.6 Å². The number of nitro groups is 1. The first-order valence-corrected chi connectivity index (χ1v) is 9.21. The van der Waals surface area contributed by atoms with Crippen LogP contribution in [0.5, 0.6) is 0 Å². The van der Waals surface area contributed by atoms with Crippen molar-refractivity contribution in [2.45, 2.75) is 38.6 Å². The van der Waals surface area contributed by atoms with Crippen molar-refractivity contribution in [2.24, 2.45) is 0 Å². The highest BCUT2D eigenvalue weighted by molar-refractivity contribution is 5.99. The van der Waals surface area contributed by atoms with Gasteiger partial charge in [-0.1, -0.05) is 0 Å². The molecule has 8 nitrogen and oxygen atoms in total. The van der Waals surface area contributed by atoms with E-state index in [0.717, 1.165) is 42.8 Å². The monoisotopic (exact) mass is 366 g/mol. The molecular formula is C19H22N6O2. The van der Waals surface area contributed by atoms with Crippen molar-refractivity contribution in [3.63, 3.8) is 0 Å². The molecule has 8 heteroatoms. The third kappa shape index (κ3) is 3.11. The summed E-state index contributed by atoms with van der Waals surface area (Å²) in [5.41, 5.74) is 1.13. The number of rotatable bonds is 4. The summed E-state index contributed by atoms with van der Waals surface area (Å²) >= 11 is 0. The third-order valence-electron chi connectivity index (χ3n) is 5.33. The second-order valence-corrected chi connectivity index (χ2v) is 7.23. The number of hydrogen-bond donors (Lipinski definition) is 0. The van der Waals surface area contributed by atoms with Gasteiger partial charge in [-0.2, -0.15) is 0 Å². The Morgan fingerprint density at radius 1 is 1.19 bits per heavy atom. The molecule has 0 radical (unpaired) electrons. The zero-order chi connectivity index (χ0) is 19.0. The number of aromatic nitrogens is 4. The number of nitro benzene ring substituents is 1. The van der Waals surface area contributed by atoms with Crippen LogP contribution in [0, 0.1) is 10.1 Å². The van der Waals surface area contributed by atoms with Crippen molar-refractivity contribution >= 4 is 22.1 Å². The normalized spacial score (nSPS) is 15.6. The van der Waals surface area contributed by atoms with Gasteiger partial charge in [-0.3, -0.25) is 15.1 Å². The van der Waals surface area contributed by atoms with Gasteiger partial charge in [0.1, 0.15) is 12.2 Å². The van der Waals surface area contributed by atoms with Crippen LogP contribution in [0.4, 0.5) is 11.4 Å². The first kappa shape index (κ1) is 17.4. The molecule has 2 aromatic heterocycles. The minimum absolute atomic E-state index is 0.0989. The van der Waals surface area contributed by atoms with Gasteiger partial charge >= 0.3 is 0 Å². The van der Waals surface area contributed by atoms with Crippen molar-refractivity contribution in [3.8, 4) is 0 Å². The number of nitrogens with zero attached hydrogens (tertiary/aromatic N) is 6. The quantitative estimate of drug-likeness (QED) is 0.516. The van der Waals surface area contributed by atoms with E-state index in [1.54, 1.807) is 18.5 Å². The lowest BCUT2D eigenvalue weighted by Crippen LogP contribution is -2.34. The molecule has 0 N–H and O–H groups in total. The lowest BCUT2D eigenvalue weighted by Gasteiger charge is -2.34. The molecule has 1 aliphatic rings. The van der Waals surface area contributed by atoms with Gasteiger partial charge in [0.25, 0.3) is 5.69 Å². The van der Waals surface area contributed by atoms with Crippen LogP contribution in [0.25, 0.3) is 10.8 Å². The average Bonchev–Trinajstić information content (AvgIpc) is 3.17. The molecule has 1 saturated heterocycles. The van der Waals surface area contributed by atoms with Gasteiger partial charge in [0.05, 0.1) is 10.3 Å². The summed E-state index contributed by atoms with van der Waals surface area (Å²) in [5, 5.41) is 21.2. The molecule has 0 unspecified atom stereocenters. The van der Waals surface area contributed by atoms with Crippen molar-refractivity contribution in [1.82, 2.24) is 19.7 Å². The van der Waals surface area contributed by atoms with Crippen LogP contribution in [0.2, 0.25) is 0 Å². The minimum Gasteiger partial charge on any atom is -0.371 e. The number of non-ortho nitro benzene ring substituents is 1. The van der Waals surface area contributed by atoms with E-state index in [1.807, 2.05) is 18.5 Å². The highest BCUT2D eigenvalue weighted by Gasteiger charge is 2.27. The van der Waals surface area contributed by atoms with Gasteiger partial charge in [-0.15, -0.1) is 10.2 Å². The molecule has 0 saturated carbocycles. The molecule has 0 atom stereocenters. The van der Waals surface area contributed by atoms with Crippen LogP contribution >= 0.6 is 0 Å². The zero-order valence-electron chi connectivity index (χ0n) is 15.4. The van der Waals surface area contributed by atoms with Crippen LogP contribution in [-0.2, 0) is 0 Å². The summed E-state index contributed by atoms with van der Waals surface area (Å²) in [4.78, 5) is 17.3. The summed E-state index contributed by atoms with van der Waals surface area (Å²) in [5.74, 6) is 1.44. The Kier molecular flexibility index (Phi) is 4.47. The van der Waals surface area contributed by atoms with Crippen LogP contribution in [-0.4, -0.2) is 37.8 Å². The van der Waals surface area contributed by atoms with Crippen molar-refractivity contribution in [2.75, 3.05) is 18.0 Å². The molecule has 3 heterocycles. The molecule has 1 aromatic carbocycles. The van der Waals surface area contributed by atoms with Gasteiger partial charge in [0.15, 0.2) is 0 Å². The molecule has 3 aromatic rings. The van der Waals surface area contributed by atoms with Gasteiger partial charge in [-0.25, -0.2) is 0 Å². The number of piperidine rings is 1. The Morgan fingerprint density at radius 2 is 1.96 bits per heavy atom. The smallest absolute Gasteiger partial charge is 0.278 e. The van der Waals surface area contributed by atoms with E-state index in [0.29, 0.717) is 17.3 Å². The maximum Gasteiger partial charge on any atom is 0.278 e. The van der Waals surface area contributed by atoms with E-state index in [9.17, 15) is 10.1 Å². The van der Waals surface area contributed by atoms with E-state index in [4.69, 9.17) is 0 Å². The molecule has 1 fully saturated rings. The number of hydrogen-bond acceptors (Lipinski definition) is 6. The number of anilines is 1. The summed E-state index contributed by atoms with van der Waals surface area (Å²) in [7, 11) is 0. The van der Waals surface area contributed by atoms with Gasteiger partial charge in [-0.05, 0) is 38.8 Å². The van der Waals surface area contributed by atoms with Gasteiger partial charge in [0.2, 0.25) is 0 Å². The highest BCUT2D eigenvalue weighted by atomic mass is 16.6. The van der Waals surface area contributed by atoms with E-state index in [-0.39, 0.29) is 10.6 Å². The second-order valence-electron chi connectivity index (χ2n) is 7.23. The Morgan fingerprint density at radius 3 is 2.67 bits per heavy atom. The molecule has 27 heavy (non-hydrogen) atoms.